The van der Waals surface area contributed by atoms with Crippen LogP contribution in [0.3, 0.4) is 0 Å². The summed E-state index contributed by atoms with van der Waals surface area (Å²) in [6, 6.07) is 2.48. The molecule has 1 fully saturated rings. The van der Waals surface area contributed by atoms with E-state index in [1.165, 1.54) is 6.20 Å². The van der Waals surface area contributed by atoms with E-state index in [9.17, 15) is 10.1 Å². The van der Waals surface area contributed by atoms with Crippen molar-refractivity contribution < 1.29 is 4.92 Å². The number of hydrogen-bond donors (Lipinski definition) is 1. The number of fused-ring (bicyclic) bond motifs is 4. The average Bonchev–Trinajstić information content (AvgIpc) is 2.61. The normalized spacial score (nSPS) is 25.8. The molecule has 0 spiro atoms. The van der Waals surface area contributed by atoms with Crippen LogP contribution in [0.1, 0.15) is 30.1 Å². The Hall–Kier alpha value is -1.20. The van der Waals surface area contributed by atoms with E-state index in [2.05, 4.69) is 10.3 Å². The number of pyridine rings is 1. The fourth-order valence-electron chi connectivity index (χ4n) is 2.53. The van der Waals surface area contributed by atoms with Gasteiger partial charge in [-0.05, 0) is 18.4 Å². The highest BCUT2D eigenvalue weighted by Crippen LogP contribution is 2.36. The molecule has 0 amide bonds. The van der Waals surface area contributed by atoms with Crippen LogP contribution in [0.4, 0.5) is 5.69 Å². The third kappa shape index (κ3) is 1.66. The van der Waals surface area contributed by atoms with E-state index in [1.807, 2.05) is 0 Å². The first-order valence-corrected chi connectivity index (χ1v) is 5.13. The molecule has 5 nitrogen and oxygen atoms in total. The number of hydrogen-bond acceptors (Lipinski definition) is 4. The molecule has 2 aliphatic heterocycles. The Morgan fingerprint density at radius 3 is 3.06 bits per heavy atom. The Labute approximate surface area is 98.8 Å². The molecule has 2 atom stereocenters. The van der Waals surface area contributed by atoms with Gasteiger partial charge >= 0.3 is 0 Å². The maximum absolute atomic E-state index is 10.6. The lowest BCUT2D eigenvalue weighted by Crippen LogP contribution is -2.32. The van der Waals surface area contributed by atoms with Gasteiger partial charge in [-0.2, -0.15) is 0 Å². The van der Waals surface area contributed by atoms with Crippen LogP contribution in [0, 0.1) is 10.1 Å². The van der Waals surface area contributed by atoms with Gasteiger partial charge in [0.15, 0.2) is 0 Å². The van der Waals surface area contributed by atoms with Crippen molar-refractivity contribution in [2.24, 2.45) is 0 Å². The van der Waals surface area contributed by atoms with Gasteiger partial charge in [0, 0.05) is 30.3 Å². The highest BCUT2D eigenvalue weighted by Gasteiger charge is 2.33. The van der Waals surface area contributed by atoms with Crippen molar-refractivity contribution in [2.45, 2.75) is 31.3 Å². The molecule has 2 unspecified atom stereocenters. The van der Waals surface area contributed by atoms with E-state index in [4.69, 9.17) is 0 Å². The second-order valence-electron chi connectivity index (χ2n) is 4.18. The molecule has 3 rings (SSSR count). The van der Waals surface area contributed by atoms with Gasteiger partial charge in [0.2, 0.25) is 0 Å². The monoisotopic (exact) mass is 241 g/mol. The fourth-order valence-corrected chi connectivity index (χ4v) is 2.53. The zero-order chi connectivity index (χ0) is 10.4. The van der Waals surface area contributed by atoms with E-state index in [-0.39, 0.29) is 29.1 Å². The molecule has 16 heavy (non-hydrogen) atoms. The third-order valence-corrected chi connectivity index (χ3v) is 3.26. The van der Waals surface area contributed by atoms with Gasteiger partial charge in [-0.3, -0.25) is 15.1 Å². The molecule has 1 aromatic heterocycles. The second kappa shape index (κ2) is 3.99. The summed E-state index contributed by atoms with van der Waals surface area (Å²) in [5, 5.41) is 14.1. The van der Waals surface area contributed by atoms with Gasteiger partial charge in [-0.1, -0.05) is 0 Å². The van der Waals surface area contributed by atoms with Gasteiger partial charge < -0.3 is 5.32 Å². The molecular formula is C10H12ClN3O2. The smallest absolute Gasteiger partial charge is 0.287 e. The van der Waals surface area contributed by atoms with E-state index < -0.39 is 0 Å². The molecule has 1 saturated heterocycles. The molecule has 0 radical (unpaired) electrons. The summed E-state index contributed by atoms with van der Waals surface area (Å²) in [5.74, 6) is 0. The summed E-state index contributed by atoms with van der Waals surface area (Å²) in [7, 11) is 0. The van der Waals surface area contributed by atoms with E-state index in [0.717, 1.165) is 30.5 Å². The van der Waals surface area contributed by atoms with Gasteiger partial charge in [-0.25, -0.2) is 0 Å². The standard InChI is InChI=1S/C10H11N3O2.ClH/c14-13(15)7-4-8-9-2-1-6(12-9)3-10(8)11-5-7;/h4-6,9,12H,1-3H2;1H. The van der Waals surface area contributed by atoms with Crippen molar-refractivity contribution >= 4 is 18.1 Å². The van der Waals surface area contributed by atoms with Crippen LogP contribution < -0.4 is 5.32 Å². The lowest BCUT2D eigenvalue weighted by atomic mass is 10.00. The quantitative estimate of drug-likeness (QED) is 0.601. The number of nitro groups is 1. The van der Waals surface area contributed by atoms with E-state index in [0.29, 0.717) is 6.04 Å². The Bertz CT molecular complexity index is 438. The van der Waals surface area contributed by atoms with Crippen LogP contribution >= 0.6 is 12.4 Å². The summed E-state index contributed by atoms with van der Waals surface area (Å²) in [6.45, 7) is 0. The Morgan fingerprint density at radius 2 is 2.31 bits per heavy atom. The number of nitrogens with zero attached hydrogens (tertiary/aromatic N) is 2. The van der Waals surface area contributed by atoms with Crippen molar-refractivity contribution in [1.29, 1.82) is 0 Å². The summed E-state index contributed by atoms with van der Waals surface area (Å²) < 4.78 is 0. The van der Waals surface area contributed by atoms with Crippen molar-refractivity contribution in [1.82, 2.24) is 10.3 Å². The molecule has 1 N–H and O–H groups in total. The zero-order valence-electron chi connectivity index (χ0n) is 8.55. The minimum Gasteiger partial charge on any atom is -0.307 e. The van der Waals surface area contributed by atoms with Gasteiger partial charge in [0.05, 0.1) is 4.92 Å². The zero-order valence-corrected chi connectivity index (χ0v) is 9.37. The summed E-state index contributed by atoms with van der Waals surface area (Å²) in [6.07, 6.45) is 4.49. The Balaban J connectivity index is 0.000000963. The average molecular weight is 242 g/mol. The first-order chi connectivity index (χ1) is 7.24. The molecule has 86 valence electrons. The van der Waals surface area contributed by atoms with Gasteiger partial charge in [0.25, 0.3) is 5.69 Å². The third-order valence-electron chi connectivity index (χ3n) is 3.26. The van der Waals surface area contributed by atoms with E-state index in [1.54, 1.807) is 6.07 Å². The van der Waals surface area contributed by atoms with Crippen LogP contribution in [0.2, 0.25) is 0 Å². The van der Waals surface area contributed by atoms with Gasteiger partial charge in [-0.15, -0.1) is 12.4 Å². The van der Waals surface area contributed by atoms with Crippen LogP contribution in [0.25, 0.3) is 0 Å². The maximum atomic E-state index is 10.6. The molecule has 0 saturated carbocycles. The molecule has 0 aliphatic carbocycles. The van der Waals surface area contributed by atoms with Crippen molar-refractivity contribution in [3.8, 4) is 0 Å². The SMILES string of the molecule is Cl.O=[N+]([O-])c1cnc2c(c1)C1CCC(C2)N1. The number of aromatic nitrogens is 1. The Kier molecular flexibility index (Phi) is 2.82. The number of halogens is 1. The first kappa shape index (κ1) is 11.3. The minimum atomic E-state index is -0.381. The molecule has 2 bridgehead atoms. The van der Waals surface area contributed by atoms with Crippen molar-refractivity contribution in [2.75, 3.05) is 0 Å². The molecular weight excluding hydrogens is 230 g/mol. The maximum Gasteiger partial charge on any atom is 0.287 e. The number of nitrogens with one attached hydrogen (secondary N) is 1. The lowest BCUT2D eigenvalue weighted by Gasteiger charge is -2.23. The molecule has 2 aliphatic rings. The van der Waals surface area contributed by atoms with Crippen molar-refractivity contribution in [3.63, 3.8) is 0 Å². The number of rotatable bonds is 1. The summed E-state index contributed by atoms with van der Waals surface area (Å²) in [5.41, 5.74) is 2.16. The van der Waals surface area contributed by atoms with Crippen LogP contribution in [0.5, 0.6) is 0 Å². The Morgan fingerprint density at radius 1 is 1.50 bits per heavy atom. The van der Waals surface area contributed by atoms with Crippen molar-refractivity contribution in [3.05, 3.63) is 33.6 Å². The molecule has 0 aromatic carbocycles. The largest absolute Gasteiger partial charge is 0.307 e. The first-order valence-electron chi connectivity index (χ1n) is 5.13. The van der Waals surface area contributed by atoms with Crippen LogP contribution in [0.15, 0.2) is 12.3 Å². The predicted octanol–water partition coefficient (Wildman–Crippen LogP) is 1.76. The summed E-state index contributed by atoms with van der Waals surface area (Å²) in [4.78, 5) is 14.5. The molecule has 1 aromatic rings. The van der Waals surface area contributed by atoms with Gasteiger partial charge in [0.1, 0.15) is 6.20 Å². The molecule has 6 heteroatoms. The van der Waals surface area contributed by atoms with E-state index >= 15 is 0 Å². The van der Waals surface area contributed by atoms with Crippen LogP contribution in [-0.2, 0) is 6.42 Å². The predicted molar refractivity (Wildman–Crippen MR) is 60.7 cm³/mol. The molecule has 3 heterocycles. The summed E-state index contributed by atoms with van der Waals surface area (Å²) >= 11 is 0. The lowest BCUT2D eigenvalue weighted by molar-refractivity contribution is -0.385. The fraction of sp³-hybridized carbons (Fsp3) is 0.500. The highest BCUT2D eigenvalue weighted by atomic mass is 35.5. The van der Waals surface area contributed by atoms with Crippen LogP contribution in [-0.4, -0.2) is 15.9 Å². The topological polar surface area (TPSA) is 68.1 Å². The second-order valence-corrected chi connectivity index (χ2v) is 4.18. The minimum absolute atomic E-state index is 0. The highest BCUT2D eigenvalue weighted by molar-refractivity contribution is 5.85.